The van der Waals surface area contributed by atoms with Gasteiger partial charge in [0.25, 0.3) is 0 Å². The van der Waals surface area contributed by atoms with Gasteiger partial charge in [0.15, 0.2) is 0 Å². The molecule has 1 saturated heterocycles. The largest absolute Gasteiger partial charge is 0.494 e. The first-order valence-corrected chi connectivity index (χ1v) is 11.5. The van der Waals surface area contributed by atoms with Crippen LogP contribution in [0.25, 0.3) is 0 Å². The molecule has 2 aromatic rings. The Hall–Kier alpha value is -1.41. The highest BCUT2D eigenvalue weighted by molar-refractivity contribution is 7.91. The van der Waals surface area contributed by atoms with Crippen molar-refractivity contribution in [2.75, 3.05) is 26.2 Å². The maximum atomic E-state index is 12.5. The summed E-state index contributed by atoms with van der Waals surface area (Å²) in [6, 6.07) is 11.4. The van der Waals surface area contributed by atoms with Crippen molar-refractivity contribution in [3.63, 3.8) is 0 Å². The molecule has 1 aromatic carbocycles. The number of sulfonamides is 1. The molecule has 1 aliphatic rings. The molecule has 1 atom stereocenters. The van der Waals surface area contributed by atoms with Crippen molar-refractivity contribution >= 4 is 21.4 Å². The summed E-state index contributed by atoms with van der Waals surface area (Å²) in [4.78, 5) is 2.39. The van der Waals surface area contributed by atoms with Gasteiger partial charge in [-0.15, -0.1) is 11.3 Å². The highest BCUT2D eigenvalue weighted by atomic mass is 32.2. The SMILES string of the molecule is CCOc1ccc(C(CNS(=O)(=O)c2cccs2)N2CCCCC2)cc1. The molecule has 0 aliphatic carbocycles. The van der Waals surface area contributed by atoms with Gasteiger partial charge in [-0.2, -0.15) is 0 Å². The van der Waals surface area contributed by atoms with E-state index in [2.05, 4.69) is 9.62 Å². The summed E-state index contributed by atoms with van der Waals surface area (Å²) in [7, 11) is -3.46. The fourth-order valence-corrected chi connectivity index (χ4v) is 5.39. The highest BCUT2D eigenvalue weighted by Crippen LogP contribution is 2.27. The molecule has 5 nitrogen and oxygen atoms in total. The Morgan fingerprint density at radius 2 is 1.88 bits per heavy atom. The van der Waals surface area contributed by atoms with Gasteiger partial charge in [0.2, 0.25) is 10.0 Å². The topological polar surface area (TPSA) is 58.6 Å². The number of hydrogen-bond acceptors (Lipinski definition) is 5. The number of rotatable bonds is 8. The van der Waals surface area contributed by atoms with E-state index in [1.807, 2.05) is 31.2 Å². The molecule has 0 amide bonds. The molecule has 0 spiro atoms. The van der Waals surface area contributed by atoms with Crippen molar-refractivity contribution in [2.45, 2.75) is 36.4 Å². The minimum Gasteiger partial charge on any atom is -0.494 e. The Labute approximate surface area is 160 Å². The molecule has 2 heterocycles. The summed E-state index contributed by atoms with van der Waals surface area (Å²) in [5.74, 6) is 0.841. The maximum Gasteiger partial charge on any atom is 0.250 e. The van der Waals surface area contributed by atoms with E-state index in [0.717, 1.165) is 37.2 Å². The molecule has 0 bridgehead atoms. The summed E-state index contributed by atoms with van der Waals surface area (Å²) < 4.78 is 33.7. The molecule has 3 rings (SSSR count). The lowest BCUT2D eigenvalue weighted by Gasteiger charge is -2.35. The fourth-order valence-electron chi connectivity index (χ4n) is 3.32. The Kier molecular flexibility index (Phi) is 6.69. The van der Waals surface area contributed by atoms with Gasteiger partial charge in [0, 0.05) is 12.6 Å². The number of likely N-dealkylation sites (tertiary alicyclic amines) is 1. The van der Waals surface area contributed by atoms with E-state index in [-0.39, 0.29) is 6.04 Å². The molecule has 7 heteroatoms. The molecule has 0 saturated carbocycles. The molecule has 1 unspecified atom stereocenters. The Balaban J connectivity index is 1.77. The van der Waals surface area contributed by atoms with Crippen molar-refractivity contribution < 1.29 is 13.2 Å². The third kappa shape index (κ3) is 4.85. The van der Waals surface area contributed by atoms with Crippen molar-refractivity contribution in [1.29, 1.82) is 0 Å². The van der Waals surface area contributed by atoms with Crippen LogP contribution < -0.4 is 9.46 Å². The third-order valence-electron chi connectivity index (χ3n) is 4.63. The van der Waals surface area contributed by atoms with Crippen LogP contribution in [0.15, 0.2) is 46.0 Å². The Bertz CT molecular complexity index is 768. The smallest absolute Gasteiger partial charge is 0.250 e. The molecule has 26 heavy (non-hydrogen) atoms. The predicted octanol–water partition coefficient (Wildman–Crippen LogP) is 3.65. The van der Waals surface area contributed by atoms with Crippen molar-refractivity contribution in [3.05, 3.63) is 47.3 Å². The maximum absolute atomic E-state index is 12.5. The third-order valence-corrected chi connectivity index (χ3v) is 7.45. The number of ether oxygens (including phenoxy) is 1. The van der Waals surface area contributed by atoms with E-state index in [9.17, 15) is 8.42 Å². The minimum absolute atomic E-state index is 0.0284. The van der Waals surface area contributed by atoms with Crippen LogP contribution in [0.5, 0.6) is 5.75 Å². The molecular weight excluding hydrogens is 368 g/mol. The molecule has 1 N–H and O–H groups in total. The van der Waals surface area contributed by atoms with E-state index in [4.69, 9.17) is 4.74 Å². The predicted molar refractivity (Wildman–Crippen MR) is 105 cm³/mol. The average Bonchev–Trinajstić information content (AvgIpc) is 3.20. The molecule has 1 aliphatic heterocycles. The number of thiophene rings is 1. The first kappa shape index (κ1) is 19.4. The van der Waals surface area contributed by atoms with E-state index in [0.29, 0.717) is 17.4 Å². The lowest BCUT2D eigenvalue weighted by Crippen LogP contribution is -2.40. The monoisotopic (exact) mass is 394 g/mol. The summed E-state index contributed by atoms with van der Waals surface area (Å²) in [6.45, 7) is 4.96. The number of piperidine rings is 1. The second-order valence-electron chi connectivity index (χ2n) is 6.40. The number of nitrogens with one attached hydrogen (secondary N) is 1. The second-order valence-corrected chi connectivity index (χ2v) is 9.34. The summed E-state index contributed by atoms with van der Waals surface area (Å²) in [6.07, 6.45) is 3.56. The standard InChI is InChI=1S/C19H26N2O3S2/c1-2-24-17-10-8-16(9-11-17)18(21-12-4-3-5-13-21)15-20-26(22,23)19-7-6-14-25-19/h6-11,14,18,20H,2-5,12-13,15H2,1H3. The van der Waals surface area contributed by atoms with Crippen LogP contribution >= 0.6 is 11.3 Å². The van der Waals surface area contributed by atoms with Crippen LogP contribution in [-0.4, -0.2) is 39.6 Å². The van der Waals surface area contributed by atoms with Crippen LogP contribution in [0, 0.1) is 0 Å². The molecule has 1 aromatic heterocycles. The van der Waals surface area contributed by atoms with Crippen molar-refractivity contribution in [2.24, 2.45) is 0 Å². The Morgan fingerprint density at radius 3 is 2.50 bits per heavy atom. The van der Waals surface area contributed by atoms with Gasteiger partial charge in [0.1, 0.15) is 9.96 Å². The highest BCUT2D eigenvalue weighted by Gasteiger charge is 2.25. The zero-order valence-electron chi connectivity index (χ0n) is 15.1. The fraction of sp³-hybridized carbons (Fsp3) is 0.474. The van der Waals surface area contributed by atoms with E-state index in [1.165, 1.54) is 17.8 Å². The zero-order valence-corrected chi connectivity index (χ0v) is 16.7. The Morgan fingerprint density at radius 1 is 1.15 bits per heavy atom. The molecule has 0 radical (unpaired) electrons. The van der Waals surface area contributed by atoms with E-state index < -0.39 is 10.0 Å². The van der Waals surface area contributed by atoms with Crippen molar-refractivity contribution in [1.82, 2.24) is 9.62 Å². The van der Waals surface area contributed by atoms with Crippen LogP contribution in [0.4, 0.5) is 0 Å². The molecule has 142 valence electrons. The lowest BCUT2D eigenvalue weighted by atomic mass is 10.0. The number of nitrogens with zero attached hydrogens (tertiary/aromatic N) is 1. The van der Waals surface area contributed by atoms with Gasteiger partial charge in [0.05, 0.1) is 6.61 Å². The normalized spacial score (nSPS) is 17.1. The average molecular weight is 395 g/mol. The second kappa shape index (κ2) is 8.99. The van der Waals surface area contributed by atoms with Gasteiger partial charge in [-0.3, -0.25) is 4.90 Å². The molecule has 1 fully saturated rings. The lowest BCUT2D eigenvalue weighted by molar-refractivity contribution is 0.164. The molecular formula is C19H26N2O3S2. The van der Waals surface area contributed by atoms with Crippen LogP contribution in [0.1, 0.15) is 37.8 Å². The zero-order chi connectivity index (χ0) is 18.4. The van der Waals surface area contributed by atoms with Crippen LogP contribution in [0.2, 0.25) is 0 Å². The van der Waals surface area contributed by atoms with Gasteiger partial charge >= 0.3 is 0 Å². The number of hydrogen-bond donors (Lipinski definition) is 1. The van der Waals surface area contributed by atoms with Crippen LogP contribution in [0.3, 0.4) is 0 Å². The summed E-state index contributed by atoms with van der Waals surface area (Å²) >= 11 is 1.24. The van der Waals surface area contributed by atoms with Gasteiger partial charge < -0.3 is 4.74 Å². The van der Waals surface area contributed by atoms with Crippen LogP contribution in [-0.2, 0) is 10.0 Å². The minimum atomic E-state index is -3.46. The van der Waals surface area contributed by atoms with Crippen molar-refractivity contribution in [3.8, 4) is 5.75 Å². The van der Waals surface area contributed by atoms with Gasteiger partial charge in [-0.25, -0.2) is 13.1 Å². The van der Waals surface area contributed by atoms with Gasteiger partial charge in [-0.1, -0.05) is 24.6 Å². The van der Waals surface area contributed by atoms with E-state index in [1.54, 1.807) is 17.5 Å². The quantitative estimate of drug-likeness (QED) is 0.742. The first-order valence-electron chi connectivity index (χ1n) is 9.10. The summed E-state index contributed by atoms with van der Waals surface area (Å²) in [5.41, 5.74) is 1.12. The first-order chi connectivity index (χ1) is 12.6. The summed E-state index contributed by atoms with van der Waals surface area (Å²) in [5, 5.41) is 1.78. The number of benzene rings is 1. The van der Waals surface area contributed by atoms with E-state index >= 15 is 0 Å². The van der Waals surface area contributed by atoms with Gasteiger partial charge in [-0.05, 0) is 62.0 Å².